The highest BCUT2D eigenvalue weighted by atomic mass is 127. The zero-order chi connectivity index (χ0) is 8.97. The monoisotopic (exact) mass is 268 g/mol. The Hall–Kier alpha value is -1.07. The zero-order valence-electron chi connectivity index (χ0n) is 6.21. The van der Waals surface area contributed by atoms with Crippen molar-refractivity contribution in [1.29, 1.82) is 10.5 Å². The van der Waals surface area contributed by atoms with E-state index in [4.69, 9.17) is 10.5 Å². The highest BCUT2D eigenvalue weighted by molar-refractivity contribution is 14.1. The smallest absolute Gasteiger partial charge is 0.0991 e. The Balaban J connectivity index is 3.12. The lowest BCUT2D eigenvalue weighted by atomic mass is 10.1. The van der Waals surface area contributed by atoms with Crippen LogP contribution in [0.2, 0.25) is 0 Å². The van der Waals surface area contributed by atoms with Crippen molar-refractivity contribution in [1.82, 2.24) is 0 Å². The van der Waals surface area contributed by atoms with Gasteiger partial charge in [0.25, 0.3) is 0 Å². The molecule has 3 heteroatoms. The standard InChI is InChI=1S/C9H5IN2/c10-9-2-1-7(6-12)5-8(9)3-4-11/h1-2,5H,3H2. The summed E-state index contributed by atoms with van der Waals surface area (Å²) < 4.78 is 1.04. The van der Waals surface area contributed by atoms with Crippen LogP contribution in [0.15, 0.2) is 18.2 Å². The van der Waals surface area contributed by atoms with E-state index >= 15 is 0 Å². The first-order valence-electron chi connectivity index (χ1n) is 3.33. The Morgan fingerprint density at radius 1 is 1.33 bits per heavy atom. The number of nitriles is 2. The molecule has 0 N–H and O–H groups in total. The lowest BCUT2D eigenvalue weighted by Gasteiger charge is -1.98. The van der Waals surface area contributed by atoms with Crippen molar-refractivity contribution >= 4 is 22.6 Å². The second kappa shape index (κ2) is 4.08. The van der Waals surface area contributed by atoms with E-state index in [2.05, 4.69) is 28.7 Å². The Morgan fingerprint density at radius 3 is 2.67 bits per heavy atom. The summed E-state index contributed by atoms with van der Waals surface area (Å²) in [6.45, 7) is 0. The minimum Gasteiger partial charge on any atom is -0.198 e. The molecule has 0 saturated carbocycles. The topological polar surface area (TPSA) is 47.6 Å². The molecule has 0 atom stereocenters. The van der Waals surface area contributed by atoms with Crippen LogP contribution in [0.5, 0.6) is 0 Å². The molecule has 1 aromatic carbocycles. The number of benzene rings is 1. The van der Waals surface area contributed by atoms with E-state index in [0.717, 1.165) is 9.13 Å². The van der Waals surface area contributed by atoms with Crippen LogP contribution in [0, 0.1) is 26.2 Å². The lowest BCUT2D eigenvalue weighted by Crippen LogP contribution is -1.88. The highest BCUT2D eigenvalue weighted by Crippen LogP contribution is 2.14. The number of nitrogens with zero attached hydrogens (tertiary/aromatic N) is 2. The first kappa shape index (κ1) is 9.02. The van der Waals surface area contributed by atoms with Gasteiger partial charge in [0.2, 0.25) is 0 Å². The maximum absolute atomic E-state index is 8.59. The van der Waals surface area contributed by atoms with Crippen molar-refractivity contribution in [3.8, 4) is 12.1 Å². The van der Waals surface area contributed by atoms with E-state index in [1.165, 1.54) is 0 Å². The highest BCUT2D eigenvalue weighted by Gasteiger charge is 1.99. The molecule has 58 valence electrons. The summed E-state index contributed by atoms with van der Waals surface area (Å²) in [5.74, 6) is 0. The summed E-state index contributed by atoms with van der Waals surface area (Å²) in [5, 5.41) is 17.1. The molecule has 0 saturated heterocycles. The van der Waals surface area contributed by atoms with Crippen molar-refractivity contribution in [3.05, 3.63) is 32.9 Å². The number of rotatable bonds is 1. The Kier molecular flexibility index (Phi) is 3.07. The number of hydrogen-bond donors (Lipinski definition) is 0. The molecule has 0 bridgehead atoms. The second-order valence-corrected chi connectivity index (χ2v) is 3.42. The molecule has 12 heavy (non-hydrogen) atoms. The molecule has 0 aromatic heterocycles. The fourth-order valence-corrected chi connectivity index (χ4v) is 1.39. The second-order valence-electron chi connectivity index (χ2n) is 2.25. The number of hydrogen-bond acceptors (Lipinski definition) is 2. The number of halogens is 1. The molecule has 0 radical (unpaired) electrons. The first-order valence-corrected chi connectivity index (χ1v) is 4.41. The van der Waals surface area contributed by atoms with E-state index in [1.54, 1.807) is 12.1 Å². The SMILES string of the molecule is N#CCc1cc(C#N)ccc1I. The van der Waals surface area contributed by atoms with Crippen LogP contribution in [-0.2, 0) is 6.42 Å². The molecule has 1 rings (SSSR count). The maximum atomic E-state index is 8.59. The van der Waals surface area contributed by atoms with Gasteiger partial charge in [-0.25, -0.2) is 0 Å². The van der Waals surface area contributed by atoms with Gasteiger partial charge >= 0.3 is 0 Å². The summed E-state index contributed by atoms with van der Waals surface area (Å²) in [7, 11) is 0. The summed E-state index contributed by atoms with van der Waals surface area (Å²) in [5.41, 5.74) is 1.54. The molecular formula is C9H5IN2. The maximum Gasteiger partial charge on any atom is 0.0991 e. The Morgan fingerprint density at radius 2 is 2.08 bits per heavy atom. The first-order chi connectivity index (χ1) is 5.77. The normalized spacial score (nSPS) is 8.58. The molecule has 0 aliphatic heterocycles. The summed E-state index contributed by atoms with van der Waals surface area (Å²) >= 11 is 2.16. The fourth-order valence-electron chi connectivity index (χ4n) is 0.865. The van der Waals surface area contributed by atoms with Gasteiger partial charge in [0.05, 0.1) is 24.1 Å². The molecule has 0 aliphatic carbocycles. The summed E-state index contributed by atoms with van der Waals surface area (Å²) in [6.07, 6.45) is 0.369. The molecule has 0 unspecified atom stereocenters. The van der Waals surface area contributed by atoms with E-state index in [1.807, 2.05) is 12.1 Å². The molecule has 0 heterocycles. The summed E-state index contributed by atoms with van der Waals surface area (Å²) in [6, 6.07) is 9.46. The van der Waals surface area contributed by atoms with E-state index in [-0.39, 0.29) is 0 Å². The van der Waals surface area contributed by atoms with E-state index < -0.39 is 0 Å². The molecule has 0 amide bonds. The van der Waals surface area contributed by atoms with Crippen LogP contribution in [-0.4, -0.2) is 0 Å². The fraction of sp³-hybridized carbons (Fsp3) is 0.111. The van der Waals surface area contributed by atoms with Crippen LogP contribution in [0.4, 0.5) is 0 Å². The van der Waals surface area contributed by atoms with Gasteiger partial charge < -0.3 is 0 Å². The van der Waals surface area contributed by atoms with Gasteiger partial charge in [0.1, 0.15) is 0 Å². The Labute approximate surface area is 84.6 Å². The Bertz CT molecular complexity index is 371. The van der Waals surface area contributed by atoms with Crippen LogP contribution < -0.4 is 0 Å². The van der Waals surface area contributed by atoms with Gasteiger partial charge in [-0.3, -0.25) is 0 Å². The van der Waals surface area contributed by atoms with Gasteiger partial charge in [0.15, 0.2) is 0 Å². The van der Waals surface area contributed by atoms with Crippen molar-refractivity contribution < 1.29 is 0 Å². The average Bonchev–Trinajstić information content (AvgIpc) is 2.09. The van der Waals surface area contributed by atoms with Crippen molar-refractivity contribution in [3.63, 3.8) is 0 Å². The third-order valence-corrected chi connectivity index (χ3v) is 2.50. The molecular weight excluding hydrogens is 263 g/mol. The van der Waals surface area contributed by atoms with Gasteiger partial charge in [-0.2, -0.15) is 10.5 Å². The van der Waals surface area contributed by atoms with Crippen LogP contribution in [0.25, 0.3) is 0 Å². The van der Waals surface area contributed by atoms with Gasteiger partial charge in [-0.1, -0.05) is 0 Å². The molecule has 0 fully saturated rings. The van der Waals surface area contributed by atoms with Gasteiger partial charge in [-0.05, 0) is 46.4 Å². The van der Waals surface area contributed by atoms with E-state index in [0.29, 0.717) is 12.0 Å². The largest absolute Gasteiger partial charge is 0.198 e. The predicted molar refractivity (Wildman–Crippen MR) is 53.2 cm³/mol. The molecule has 1 aromatic rings. The predicted octanol–water partition coefficient (Wildman–Crippen LogP) is 2.23. The minimum atomic E-state index is 0.369. The minimum absolute atomic E-state index is 0.369. The zero-order valence-corrected chi connectivity index (χ0v) is 8.37. The van der Waals surface area contributed by atoms with E-state index in [9.17, 15) is 0 Å². The molecule has 0 spiro atoms. The van der Waals surface area contributed by atoms with Crippen molar-refractivity contribution in [2.75, 3.05) is 0 Å². The summed E-state index contributed by atoms with van der Waals surface area (Å²) in [4.78, 5) is 0. The molecule has 0 aliphatic rings. The quantitative estimate of drug-likeness (QED) is 0.733. The van der Waals surface area contributed by atoms with Crippen molar-refractivity contribution in [2.45, 2.75) is 6.42 Å². The lowest BCUT2D eigenvalue weighted by molar-refractivity contribution is 1.24. The molecule has 2 nitrogen and oxygen atoms in total. The van der Waals surface area contributed by atoms with Gasteiger partial charge in [-0.15, -0.1) is 0 Å². The van der Waals surface area contributed by atoms with Gasteiger partial charge in [0, 0.05) is 3.57 Å². The van der Waals surface area contributed by atoms with Crippen LogP contribution in [0.3, 0.4) is 0 Å². The van der Waals surface area contributed by atoms with Crippen LogP contribution >= 0.6 is 22.6 Å². The third kappa shape index (κ3) is 1.96. The average molecular weight is 268 g/mol. The third-order valence-electron chi connectivity index (χ3n) is 1.44. The van der Waals surface area contributed by atoms with Crippen LogP contribution in [0.1, 0.15) is 11.1 Å². The van der Waals surface area contributed by atoms with Crippen molar-refractivity contribution in [2.24, 2.45) is 0 Å².